The SMILES string of the molecule is COc1ccc([N+](=O)[O-])cc1O[C@H](C)C(=O)N(C)c1ccccc1. The van der Waals surface area contributed by atoms with E-state index in [-0.39, 0.29) is 17.3 Å². The van der Waals surface area contributed by atoms with Gasteiger partial charge in [0.2, 0.25) is 0 Å². The molecule has 0 aliphatic carbocycles. The molecule has 2 aromatic rings. The van der Waals surface area contributed by atoms with Crippen molar-refractivity contribution in [3.05, 3.63) is 58.6 Å². The number of likely N-dealkylation sites (N-methyl/N-ethyl adjacent to an activating group) is 1. The highest BCUT2D eigenvalue weighted by molar-refractivity contribution is 5.96. The molecule has 2 rings (SSSR count). The number of rotatable bonds is 6. The smallest absolute Gasteiger partial charge is 0.273 e. The van der Waals surface area contributed by atoms with Gasteiger partial charge < -0.3 is 14.4 Å². The molecule has 7 nitrogen and oxygen atoms in total. The third-order valence-corrected chi connectivity index (χ3v) is 3.48. The van der Waals surface area contributed by atoms with E-state index in [0.29, 0.717) is 5.75 Å². The number of nitro benzene ring substituents is 1. The molecule has 0 unspecified atom stereocenters. The molecule has 24 heavy (non-hydrogen) atoms. The molecule has 0 saturated heterocycles. The van der Waals surface area contributed by atoms with E-state index in [4.69, 9.17) is 9.47 Å². The van der Waals surface area contributed by atoms with Gasteiger partial charge in [-0.3, -0.25) is 14.9 Å². The van der Waals surface area contributed by atoms with E-state index < -0.39 is 11.0 Å². The minimum Gasteiger partial charge on any atom is -0.493 e. The van der Waals surface area contributed by atoms with Crippen LogP contribution in [-0.2, 0) is 4.79 Å². The zero-order chi connectivity index (χ0) is 17.7. The highest BCUT2D eigenvalue weighted by atomic mass is 16.6. The monoisotopic (exact) mass is 330 g/mol. The predicted octanol–water partition coefficient (Wildman–Crippen LogP) is 3.03. The van der Waals surface area contributed by atoms with Crippen LogP contribution in [-0.4, -0.2) is 31.1 Å². The third-order valence-electron chi connectivity index (χ3n) is 3.48. The molecule has 0 saturated carbocycles. The first-order valence-electron chi connectivity index (χ1n) is 7.25. The topological polar surface area (TPSA) is 81.9 Å². The van der Waals surface area contributed by atoms with Crippen molar-refractivity contribution in [2.24, 2.45) is 0 Å². The fourth-order valence-corrected chi connectivity index (χ4v) is 2.16. The number of hydrogen-bond donors (Lipinski definition) is 0. The van der Waals surface area contributed by atoms with Crippen molar-refractivity contribution in [1.29, 1.82) is 0 Å². The van der Waals surface area contributed by atoms with Gasteiger partial charge in [-0.15, -0.1) is 0 Å². The number of benzene rings is 2. The lowest BCUT2D eigenvalue weighted by Crippen LogP contribution is -2.38. The summed E-state index contributed by atoms with van der Waals surface area (Å²) in [4.78, 5) is 24.3. The van der Waals surface area contributed by atoms with Gasteiger partial charge in [0, 0.05) is 18.8 Å². The Morgan fingerprint density at radius 2 is 1.83 bits per heavy atom. The van der Waals surface area contributed by atoms with Crippen LogP contribution in [0.5, 0.6) is 11.5 Å². The van der Waals surface area contributed by atoms with Gasteiger partial charge in [-0.25, -0.2) is 0 Å². The van der Waals surface area contributed by atoms with Crippen molar-refractivity contribution in [3.63, 3.8) is 0 Å². The van der Waals surface area contributed by atoms with Crippen LogP contribution in [0, 0.1) is 10.1 Å². The molecule has 0 heterocycles. The molecule has 0 N–H and O–H groups in total. The molecule has 0 spiro atoms. The Balaban J connectivity index is 2.19. The molecule has 126 valence electrons. The van der Waals surface area contributed by atoms with Crippen LogP contribution in [0.25, 0.3) is 0 Å². The molecule has 0 aromatic heterocycles. The first-order chi connectivity index (χ1) is 11.4. The molecule has 1 atom stereocenters. The van der Waals surface area contributed by atoms with Crippen LogP contribution >= 0.6 is 0 Å². The minimum absolute atomic E-state index is 0.137. The van der Waals surface area contributed by atoms with Crippen LogP contribution in [0.15, 0.2) is 48.5 Å². The van der Waals surface area contributed by atoms with Crippen LogP contribution in [0.2, 0.25) is 0 Å². The highest BCUT2D eigenvalue weighted by Crippen LogP contribution is 2.32. The number of ether oxygens (including phenoxy) is 2. The molecule has 0 aliphatic heterocycles. The maximum atomic E-state index is 12.5. The molecule has 1 amide bonds. The van der Waals surface area contributed by atoms with Gasteiger partial charge in [-0.2, -0.15) is 0 Å². The molecule has 0 fully saturated rings. The van der Waals surface area contributed by atoms with E-state index in [1.165, 1.54) is 30.2 Å². The lowest BCUT2D eigenvalue weighted by Gasteiger charge is -2.22. The predicted molar refractivity (Wildman–Crippen MR) is 89.6 cm³/mol. The second kappa shape index (κ2) is 7.45. The third kappa shape index (κ3) is 3.81. The molecule has 7 heteroatoms. The zero-order valence-corrected chi connectivity index (χ0v) is 13.6. The van der Waals surface area contributed by atoms with Crippen molar-refractivity contribution >= 4 is 17.3 Å². The second-order valence-corrected chi connectivity index (χ2v) is 5.09. The number of amides is 1. The Morgan fingerprint density at radius 1 is 1.17 bits per heavy atom. The lowest BCUT2D eigenvalue weighted by atomic mass is 10.2. The zero-order valence-electron chi connectivity index (χ0n) is 13.6. The first-order valence-corrected chi connectivity index (χ1v) is 7.25. The van der Waals surface area contributed by atoms with Gasteiger partial charge in [-0.1, -0.05) is 18.2 Å². The standard InChI is InChI=1S/C17H18N2O5/c1-12(17(20)18(2)13-7-5-4-6-8-13)24-16-11-14(19(21)22)9-10-15(16)23-3/h4-12H,1-3H3/t12-/m1/s1. The van der Waals surface area contributed by atoms with Crippen molar-refractivity contribution in [3.8, 4) is 11.5 Å². The Morgan fingerprint density at radius 3 is 2.42 bits per heavy atom. The second-order valence-electron chi connectivity index (χ2n) is 5.09. The normalized spacial score (nSPS) is 11.5. The summed E-state index contributed by atoms with van der Waals surface area (Å²) < 4.78 is 10.7. The summed E-state index contributed by atoms with van der Waals surface area (Å²) in [6.45, 7) is 1.58. The van der Waals surface area contributed by atoms with Crippen LogP contribution in [0.4, 0.5) is 11.4 Å². The molecule has 0 bridgehead atoms. The quantitative estimate of drug-likeness (QED) is 0.600. The fourth-order valence-electron chi connectivity index (χ4n) is 2.16. The number of methoxy groups -OCH3 is 1. The number of nitro groups is 1. The average molecular weight is 330 g/mol. The van der Waals surface area contributed by atoms with Gasteiger partial charge in [0.1, 0.15) is 0 Å². The van der Waals surface area contributed by atoms with E-state index in [0.717, 1.165) is 5.69 Å². The maximum absolute atomic E-state index is 12.5. The summed E-state index contributed by atoms with van der Waals surface area (Å²) in [6.07, 6.45) is -0.842. The van der Waals surface area contributed by atoms with Crippen molar-refractivity contribution in [2.45, 2.75) is 13.0 Å². The Kier molecular flexibility index (Phi) is 5.36. The van der Waals surface area contributed by atoms with Gasteiger partial charge in [0.15, 0.2) is 17.6 Å². The summed E-state index contributed by atoms with van der Waals surface area (Å²) in [7, 11) is 3.07. The van der Waals surface area contributed by atoms with Gasteiger partial charge >= 0.3 is 0 Å². The van der Waals surface area contributed by atoms with Crippen molar-refractivity contribution in [1.82, 2.24) is 0 Å². The number of non-ortho nitro benzene ring substituents is 1. The first kappa shape index (κ1) is 17.3. The summed E-state index contributed by atoms with van der Waals surface area (Å²) in [6, 6.07) is 13.1. The van der Waals surface area contributed by atoms with Gasteiger partial charge in [0.05, 0.1) is 18.1 Å². The number of hydrogen-bond acceptors (Lipinski definition) is 5. The minimum atomic E-state index is -0.842. The number of nitrogens with zero attached hydrogens (tertiary/aromatic N) is 2. The molecule has 2 aromatic carbocycles. The van der Waals surface area contributed by atoms with Crippen molar-refractivity contribution in [2.75, 3.05) is 19.1 Å². The van der Waals surface area contributed by atoms with E-state index in [1.807, 2.05) is 18.2 Å². The van der Waals surface area contributed by atoms with Crippen LogP contribution < -0.4 is 14.4 Å². The Bertz CT molecular complexity index is 733. The summed E-state index contributed by atoms with van der Waals surface area (Å²) in [5.74, 6) is 0.186. The Labute approximate surface area is 139 Å². The van der Waals surface area contributed by atoms with E-state index >= 15 is 0 Å². The van der Waals surface area contributed by atoms with Crippen LogP contribution in [0.3, 0.4) is 0 Å². The van der Waals surface area contributed by atoms with E-state index in [9.17, 15) is 14.9 Å². The largest absolute Gasteiger partial charge is 0.493 e. The van der Waals surface area contributed by atoms with Crippen molar-refractivity contribution < 1.29 is 19.2 Å². The van der Waals surface area contributed by atoms with Gasteiger partial charge in [-0.05, 0) is 25.1 Å². The molecular formula is C17H18N2O5. The number of para-hydroxylation sites is 1. The summed E-state index contributed by atoms with van der Waals surface area (Å²) >= 11 is 0. The van der Waals surface area contributed by atoms with Crippen LogP contribution in [0.1, 0.15) is 6.92 Å². The fraction of sp³-hybridized carbons (Fsp3) is 0.235. The highest BCUT2D eigenvalue weighted by Gasteiger charge is 2.23. The van der Waals surface area contributed by atoms with E-state index in [1.54, 1.807) is 26.1 Å². The Hall–Kier alpha value is -3.09. The lowest BCUT2D eigenvalue weighted by molar-refractivity contribution is -0.385. The number of anilines is 1. The number of carbonyl (C=O) groups excluding carboxylic acids is 1. The van der Waals surface area contributed by atoms with Gasteiger partial charge in [0.25, 0.3) is 11.6 Å². The molecule has 0 radical (unpaired) electrons. The number of carbonyl (C=O) groups is 1. The average Bonchev–Trinajstić information content (AvgIpc) is 2.60. The molecular weight excluding hydrogens is 312 g/mol. The summed E-state index contributed by atoms with van der Waals surface area (Å²) in [5.41, 5.74) is 0.589. The van der Waals surface area contributed by atoms with E-state index in [2.05, 4.69) is 0 Å². The maximum Gasteiger partial charge on any atom is 0.273 e. The molecule has 0 aliphatic rings. The summed E-state index contributed by atoms with van der Waals surface area (Å²) in [5, 5.41) is 10.9.